The monoisotopic (exact) mass is 295 g/mol. The first-order valence-electron chi connectivity index (χ1n) is 6.79. The summed E-state index contributed by atoms with van der Waals surface area (Å²) in [5, 5.41) is 12.9. The van der Waals surface area contributed by atoms with Crippen molar-refractivity contribution in [3.8, 4) is 0 Å². The number of thiazole rings is 1. The van der Waals surface area contributed by atoms with Crippen molar-refractivity contribution < 1.29 is 14.7 Å². The molecular formula is C13H17N3O3S. The lowest BCUT2D eigenvalue weighted by molar-refractivity contribution is -0.124. The molecule has 0 spiro atoms. The first kappa shape index (κ1) is 13.4. The number of aromatic nitrogens is 1. The lowest BCUT2D eigenvalue weighted by atomic mass is 9.85. The maximum Gasteiger partial charge on any atom is 0.347 e. The van der Waals surface area contributed by atoms with Gasteiger partial charge in [-0.2, -0.15) is 0 Å². The number of amides is 1. The summed E-state index contributed by atoms with van der Waals surface area (Å²) in [6.07, 6.45) is 2.40. The Morgan fingerprint density at radius 2 is 2.30 bits per heavy atom. The Morgan fingerprint density at radius 1 is 1.50 bits per heavy atom. The van der Waals surface area contributed by atoms with Crippen LogP contribution in [-0.2, 0) is 4.79 Å². The molecule has 1 amide bonds. The van der Waals surface area contributed by atoms with E-state index in [9.17, 15) is 9.59 Å². The van der Waals surface area contributed by atoms with E-state index in [1.54, 1.807) is 6.92 Å². The SMILES string of the molecule is Cc1nc(N2CCC3NC(=O)CCC3C2)sc1C(=O)O. The largest absolute Gasteiger partial charge is 0.477 e. The fraction of sp³-hybridized carbons (Fsp3) is 0.615. The Bertz CT molecular complexity index is 557. The topological polar surface area (TPSA) is 82.5 Å². The maximum absolute atomic E-state index is 11.4. The van der Waals surface area contributed by atoms with Gasteiger partial charge in [0.05, 0.1) is 5.69 Å². The summed E-state index contributed by atoms with van der Waals surface area (Å²) in [4.78, 5) is 29.3. The van der Waals surface area contributed by atoms with Gasteiger partial charge in [-0.15, -0.1) is 0 Å². The van der Waals surface area contributed by atoms with Gasteiger partial charge >= 0.3 is 5.97 Å². The van der Waals surface area contributed by atoms with Gasteiger partial charge in [-0.3, -0.25) is 4.79 Å². The van der Waals surface area contributed by atoms with Crippen LogP contribution < -0.4 is 10.2 Å². The minimum atomic E-state index is -0.911. The van der Waals surface area contributed by atoms with Crippen LogP contribution in [0.5, 0.6) is 0 Å². The summed E-state index contributed by atoms with van der Waals surface area (Å²) in [6.45, 7) is 3.39. The Morgan fingerprint density at radius 3 is 3.00 bits per heavy atom. The predicted molar refractivity (Wildman–Crippen MR) is 75.3 cm³/mol. The number of hydrogen-bond donors (Lipinski definition) is 2. The first-order valence-corrected chi connectivity index (χ1v) is 7.61. The molecule has 2 N–H and O–H groups in total. The van der Waals surface area contributed by atoms with E-state index in [0.717, 1.165) is 31.1 Å². The molecule has 0 bridgehead atoms. The van der Waals surface area contributed by atoms with Crippen LogP contribution in [0.25, 0.3) is 0 Å². The third kappa shape index (κ3) is 2.37. The number of fused-ring (bicyclic) bond motifs is 1. The molecule has 0 radical (unpaired) electrons. The first-order chi connectivity index (χ1) is 9.54. The molecule has 2 saturated heterocycles. The van der Waals surface area contributed by atoms with Crippen molar-refractivity contribution in [3.05, 3.63) is 10.6 Å². The maximum atomic E-state index is 11.4. The number of carboxylic acid groups (broad SMARTS) is 1. The highest BCUT2D eigenvalue weighted by Gasteiger charge is 2.34. The molecule has 2 aliphatic heterocycles. The van der Waals surface area contributed by atoms with Crippen LogP contribution in [0.2, 0.25) is 0 Å². The summed E-state index contributed by atoms with van der Waals surface area (Å²) in [6, 6.07) is 0.271. The van der Waals surface area contributed by atoms with Crippen LogP contribution in [0.3, 0.4) is 0 Å². The van der Waals surface area contributed by atoms with Gasteiger partial charge in [0, 0.05) is 25.6 Å². The highest BCUT2D eigenvalue weighted by atomic mass is 32.1. The third-order valence-corrected chi connectivity index (χ3v) is 5.28. The summed E-state index contributed by atoms with van der Waals surface area (Å²) in [5.74, 6) is -0.317. The number of aryl methyl sites for hydroxylation is 1. The van der Waals surface area contributed by atoms with Crippen molar-refractivity contribution in [1.82, 2.24) is 10.3 Å². The lowest BCUT2D eigenvalue weighted by Crippen LogP contribution is -2.54. The highest BCUT2D eigenvalue weighted by molar-refractivity contribution is 7.17. The number of carbonyl (C=O) groups is 2. The molecule has 3 heterocycles. The van der Waals surface area contributed by atoms with E-state index in [1.165, 1.54) is 11.3 Å². The van der Waals surface area contributed by atoms with Gasteiger partial charge in [0.15, 0.2) is 5.13 Å². The summed E-state index contributed by atoms with van der Waals surface area (Å²) < 4.78 is 0. The Kier molecular flexibility index (Phi) is 3.37. The van der Waals surface area contributed by atoms with E-state index in [-0.39, 0.29) is 11.9 Å². The molecule has 0 aromatic carbocycles. The number of nitrogens with one attached hydrogen (secondary N) is 1. The molecule has 20 heavy (non-hydrogen) atoms. The fourth-order valence-corrected chi connectivity index (χ4v) is 3.94. The number of nitrogens with zero attached hydrogens (tertiary/aromatic N) is 2. The van der Waals surface area contributed by atoms with Crippen LogP contribution in [0, 0.1) is 12.8 Å². The van der Waals surface area contributed by atoms with Gasteiger partial charge in [0.2, 0.25) is 5.91 Å². The molecule has 1 aromatic heterocycles. The Labute approximate surface area is 120 Å². The molecule has 3 rings (SSSR count). The van der Waals surface area contributed by atoms with E-state index >= 15 is 0 Å². The molecular weight excluding hydrogens is 278 g/mol. The van der Waals surface area contributed by atoms with Crippen molar-refractivity contribution >= 4 is 28.3 Å². The minimum Gasteiger partial charge on any atom is -0.477 e. The second-order valence-corrected chi connectivity index (χ2v) is 6.40. The van der Waals surface area contributed by atoms with E-state index in [4.69, 9.17) is 5.11 Å². The van der Waals surface area contributed by atoms with Gasteiger partial charge in [-0.1, -0.05) is 11.3 Å². The number of piperidine rings is 2. The molecule has 2 atom stereocenters. The second-order valence-electron chi connectivity index (χ2n) is 5.42. The van der Waals surface area contributed by atoms with Crippen molar-refractivity contribution in [2.45, 2.75) is 32.2 Å². The Balaban J connectivity index is 1.75. The van der Waals surface area contributed by atoms with Gasteiger partial charge in [-0.25, -0.2) is 9.78 Å². The predicted octanol–water partition coefficient (Wildman–Crippen LogP) is 1.25. The van der Waals surface area contributed by atoms with Gasteiger partial charge in [0.25, 0.3) is 0 Å². The molecule has 2 unspecified atom stereocenters. The molecule has 1 aromatic rings. The van der Waals surface area contributed by atoms with Crippen molar-refractivity contribution in [2.24, 2.45) is 5.92 Å². The number of rotatable bonds is 2. The molecule has 0 aliphatic carbocycles. The van der Waals surface area contributed by atoms with E-state index in [0.29, 0.717) is 22.9 Å². The molecule has 2 fully saturated rings. The zero-order chi connectivity index (χ0) is 14.3. The number of aromatic carboxylic acids is 1. The zero-order valence-corrected chi connectivity index (χ0v) is 12.1. The number of anilines is 1. The summed E-state index contributed by atoms with van der Waals surface area (Å²) >= 11 is 1.24. The van der Waals surface area contributed by atoms with Gasteiger partial charge in [-0.05, 0) is 25.7 Å². The average Bonchev–Trinajstić information content (AvgIpc) is 2.80. The number of carbonyl (C=O) groups excluding carboxylic acids is 1. The molecule has 7 heteroatoms. The van der Waals surface area contributed by atoms with Gasteiger partial charge < -0.3 is 15.3 Å². The third-order valence-electron chi connectivity index (χ3n) is 4.07. The zero-order valence-electron chi connectivity index (χ0n) is 11.3. The standard InChI is InChI=1S/C13H17N3O3S/c1-7-11(12(18)19)20-13(14-7)16-5-4-9-8(6-16)2-3-10(17)15-9/h8-9H,2-6H2,1H3,(H,15,17)(H,18,19). The Hall–Kier alpha value is -1.63. The number of carboxylic acids is 1. The van der Waals surface area contributed by atoms with E-state index in [2.05, 4.69) is 15.2 Å². The van der Waals surface area contributed by atoms with E-state index in [1.807, 2.05) is 0 Å². The summed E-state index contributed by atoms with van der Waals surface area (Å²) in [7, 11) is 0. The number of hydrogen-bond acceptors (Lipinski definition) is 5. The van der Waals surface area contributed by atoms with E-state index < -0.39 is 5.97 Å². The normalized spacial score (nSPS) is 26.1. The average molecular weight is 295 g/mol. The van der Waals surface area contributed by atoms with Crippen LogP contribution in [0.15, 0.2) is 0 Å². The fourth-order valence-electron chi connectivity index (χ4n) is 3.00. The van der Waals surface area contributed by atoms with Crippen molar-refractivity contribution in [3.63, 3.8) is 0 Å². The van der Waals surface area contributed by atoms with Crippen LogP contribution in [0.4, 0.5) is 5.13 Å². The molecule has 0 saturated carbocycles. The minimum absolute atomic E-state index is 0.151. The lowest BCUT2D eigenvalue weighted by Gasteiger charge is -2.41. The van der Waals surface area contributed by atoms with Crippen LogP contribution in [-0.4, -0.2) is 41.1 Å². The quantitative estimate of drug-likeness (QED) is 0.858. The molecule has 6 nitrogen and oxygen atoms in total. The molecule has 2 aliphatic rings. The smallest absolute Gasteiger partial charge is 0.347 e. The van der Waals surface area contributed by atoms with Crippen LogP contribution in [0.1, 0.15) is 34.6 Å². The van der Waals surface area contributed by atoms with Crippen molar-refractivity contribution in [1.29, 1.82) is 0 Å². The summed E-state index contributed by atoms with van der Waals surface area (Å²) in [5.41, 5.74) is 0.580. The van der Waals surface area contributed by atoms with Gasteiger partial charge in [0.1, 0.15) is 4.88 Å². The second kappa shape index (κ2) is 5.05. The highest BCUT2D eigenvalue weighted by Crippen LogP contribution is 2.32. The van der Waals surface area contributed by atoms with Crippen LogP contribution >= 0.6 is 11.3 Å². The molecule has 108 valence electrons. The van der Waals surface area contributed by atoms with Crippen molar-refractivity contribution in [2.75, 3.05) is 18.0 Å².